The van der Waals surface area contributed by atoms with Crippen LogP contribution >= 0.6 is 11.6 Å². The van der Waals surface area contributed by atoms with E-state index in [4.69, 9.17) is 23.1 Å². The van der Waals surface area contributed by atoms with Crippen molar-refractivity contribution in [3.63, 3.8) is 0 Å². The highest BCUT2D eigenvalue weighted by molar-refractivity contribution is 6.31. The Bertz CT molecular complexity index is 415. The summed E-state index contributed by atoms with van der Waals surface area (Å²) in [5.74, 6) is -0.0515. The molecule has 6 nitrogen and oxygen atoms in total. The van der Waals surface area contributed by atoms with E-state index in [-0.39, 0.29) is 23.2 Å². The Morgan fingerprint density at radius 3 is 2.67 bits per heavy atom. The van der Waals surface area contributed by atoms with Crippen molar-refractivity contribution in [2.45, 2.75) is 6.54 Å². The average Bonchev–Trinajstić information content (AvgIpc) is 2.15. The molecule has 0 amide bonds. The fraction of sp³-hybridized carbons (Fsp3) is 0.125. The van der Waals surface area contributed by atoms with Gasteiger partial charge in [-0.25, -0.2) is 4.99 Å². The van der Waals surface area contributed by atoms with Gasteiger partial charge in [0.2, 0.25) is 0 Å². The van der Waals surface area contributed by atoms with Gasteiger partial charge < -0.3 is 11.5 Å². The van der Waals surface area contributed by atoms with Gasteiger partial charge in [-0.1, -0.05) is 11.6 Å². The van der Waals surface area contributed by atoms with Crippen LogP contribution in [-0.4, -0.2) is 10.9 Å². The second kappa shape index (κ2) is 4.61. The fourth-order valence-corrected chi connectivity index (χ4v) is 1.19. The van der Waals surface area contributed by atoms with Crippen molar-refractivity contribution >= 4 is 23.2 Å². The number of benzene rings is 1. The Balaban J connectivity index is 2.93. The number of hydrogen-bond donors (Lipinski definition) is 2. The standard InChI is InChI=1S/C8H9ClN4O2/c9-7-3-6(13(14)15)2-1-5(7)4-12-8(10)11/h1-3H,4H2,(H4,10,11,12). The number of aliphatic imine (C=N–C) groups is 1. The normalized spacial score (nSPS) is 9.67. The van der Waals surface area contributed by atoms with Crippen molar-refractivity contribution in [2.24, 2.45) is 16.5 Å². The molecule has 1 rings (SSSR count). The van der Waals surface area contributed by atoms with Crippen LogP contribution in [0.3, 0.4) is 0 Å². The molecule has 0 spiro atoms. The van der Waals surface area contributed by atoms with Crippen LogP contribution < -0.4 is 11.5 Å². The van der Waals surface area contributed by atoms with Crippen LogP contribution in [0.15, 0.2) is 23.2 Å². The summed E-state index contributed by atoms with van der Waals surface area (Å²) in [6.07, 6.45) is 0. The maximum Gasteiger partial charge on any atom is 0.270 e. The topological polar surface area (TPSA) is 108 Å². The molecular weight excluding hydrogens is 220 g/mol. The van der Waals surface area contributed by atoms with Gasteiger partial charge in [-0.15, -0.1) is 0 Å². The molecule has 0 aliphatic carbocycles. The molecule has 0 bridgehead atoms. The molecule has 0 fully saturated rings. The van der Waals surface area contributed by atoms with Crippen molar-refractivity contribution in [1.29, 1.82) is 0 Å². The van der Waals surface area contributed by atoms with Crippen molar-refractivity contribution in [3.8, 4) is 0 Å². The lowest BCUT2D eigenvalue weighted by Crippen LogP contribution is -2.22. The summed E-state index contributed by atoms with van der Waals surface area (Å²) < 4.78 is 0. The van der Waals surface area contributed by atoms with E-state index in [2.05, 4.69) is 4.99 Å². The molecule has 1 aromatic carbocycles. The Morgan fingerprint density at radius 1 is 1.53 bits per heavy atom. The first kappa shape index (κ1) is 11.3. The van der Waals surface area contributed by atoms with Crippen LogP contribution in [0.4, 0.5) is 5.69 Å². The van der Waals surface area contributed by atoms with Crippen molar-refractivity contribution in [2.75, 3.05) is 0 Å². The van der Waals surface area contributed by atoms with Crippen molar-refractivity contribution in [3.05, 3.63) is 38.9 Å². The predicted octanol–water partition coefficient (Wildman–Crippen LogP) is 1.02. The summed E-state index contributed by atoms with van der Waals surface area (Å²) in [7, 11) is 0. The molecule has 0 saturated carbocycles. The Hall–Kier alpha value is -1.82. The molecule has 0 unspecified atom stereocenters. The number of nitro groups is 1. The maximum absolute atomic E-state index is 10.4. The second-order valence-electron chi connectivity index (χ2n) is 2.77. The van der Waals surface area contributed by atoms with Crippen LogP contribution in [0.1, 0.15) is 5.56 Å². The third-order valence-electron chi connectivity index (χ3n) is 1.68. The largest absolute Gasteiger partial charge is 0.370 e. The zero-order valence-electron chi connectivity index (χ0n) is 7.68. The van der Waals surface area contributed by atoms with Gasteiger partial charge >= 0.3 is 0 Å². The predicted molar refractivity (Wildman–Crippen MR) is 57.6 cm³/mol. The lowest BCUT2D eigenvalue weighted by atomic mass is 10.2. The Kier molecular flexibility index (Phi) is 3.46. The number of nitro benzene ring substituents is 1. The molecule has 0 saturated heterocycles. The zero-order valence-corrected chi connectivity index (χ0v) is 8.44. The van der Waals surface area contributed by atoms with Gasteiger partial charge in [-0.2, -0.15) is 0 Å². The molecule has 4 N–H and O–H groups in total. The van der Waals surface area contributed by atoms with Gasteiger partial charge in [-0.3, -0.25) is 10.1 Å². The van der Waals surface area contributed by atoms with E-state index < -0.39 is 4.92 Å². The van der Waals surface area contributed by atoms with E-state index in [9.17, 15) is 10.1 Å². The number of non-ortho nitro benzene ring substituents is 1. The number of nitrogens with two attached hydrogens (primary N) is 2. The number of nitrogens with zero attached hydrogens (tertiary/aromatic N) is 2. The molecule has 0 heterocycles. The van der Waals surface area contributed by atoms with E-state index >= 15 is 0 Å². The van der Waals surface area contributed by atoms with E-state index in [1.165, 1.54) is 18.2 Å². The molecule has 0 atom stereocenters. The number of halogens is 1. The highest BCUT2D eigenvalue weighted by Gasteiger charge is 2.08. The van der Waals surface area contributed by atoms with E-state index in [0.717, 1.165) is 0 Å². The minimum absolute atomic E-state index is 0.0515. The molecule has 0 aliphatic rings. The Labute approximate surface area is 90.7 Å². The number of guanidine groups is 1. The highest BCUT2D eigenvalue weighted by atomic mass is 35.5. The lowest BCUT2D eigenvalue weighted by molar-refractivity contribution is -0.384. The summed E-state index contributed by atoms with van der Waals surface area (Å²) in [5.41, 5.74) is 10.9. The van der Waals surface area contributed by atoms with Gasteiger partial charge in [0.25, 0.3) is 5.69 Å². The van der Waals surface area contributed by atoms with E-state index in [1.807, 2.05) is 0 Å². The van der Waals surface area contributed by atoms with Crippen LogP contribution in [-0.2, 0) is 6.54 Å². The van der Waals surface area contributed by atoms with Gasteiger partial charge in [-0.05, 0) is 11.6 Å². The molecule has 1 aromatic rings. The number of hydrogen-bond acceptors (Lipinski definition) is 3. The average molecular weight is 229 g/mol. The molecule has 0 aromatic heterocycles. The summed E-state index contributed by atoms with van der Waals surface area (Å²) >= 11 is 5.80. The molecule has 15 heavy (non-hydrogen) atoms. The summed E-state index contributed by atoms with van der Waals surface area (Å²) in [4.78, 5) is 13.6. The zero-order chi connectivity index (χ0) is 11.4. The van der Waals surface area contributed by atoms with E-state index in [0.29, 0.717) is 5.56 Å². The first-order valence-electron chi connectivity index (χ1n) is 3.99. The highest BCUT2D eigenvalue weighted by Crippen LogP contribution is 2.22. The first-order valence-corrected chi connectivity index (χ1v) is 4.36. The van der Waals surface area contributed by atoms with Gasteiger partial charge in [0.1, 0.15) is 0 Å². The van der Waals surface area contributed by atoms with Gasteiger partial charge in [0.05, 0.1) is 16.5 Å². The van der Waals surface area contributed by atoms with Crippen LogP contribution in [0.2, 0.25) is 5.02 Å². The van der Waals surface area contributed by atoms with Gasteiger partial charge in [0, 0.05) is 12.1 Å². The van der Waals surface area contributed by atoms with Crippen LogP contribution in [0, 0.1) is 10.1 Å². The second-order valence-corrected chi connectivity index (χ2v) is 3.18. The molecule has 0 radical (unpaired) electrons. The molecule has 7 heteroatoms. The van der Waals surface area contributed by atoms with Crippen molar-refractivity contribution in [1.82, 2.24) is 0 Å². The monoisotopic (exact) mass is 228 g/mol. The van der Waals surface area contributed by atoms with Crippen LogP contribution in [0.25, 0.3) is 0 Å². The third-order valence-corrected chi connectivity index (χ3v) is 2.03. The minimum Gasteiger partial charge on any atom is -0.370 e. The maximum atomic E-state index is 10.4. The SMILES string of the molecule is NC(N)=NCc1ccc([N+](=O)[O-])cc1Cl. The number of rotatable bonds is 3. The molecular formula is C8H9ClN4O2. The molecule has 0 aliphatic heterocycles. The Morgan fingerprint density at radius 2 is 2.20 bits per heavy atom. The molecule has 80 valence electrons. The van der Waals surface area contributed by atoms with Crippen molar-refractivity contribution < 1.29 is 4.92 Å². The quantitative estimate of drug-likeness (QED) is 0.348. The summed E-state index contributed by atoms with van der Waals surface area (Å²) in [6.45, 7) is 0.208. The third kappa shape index (κ3) is 3.10. The summed E-state index contributed by atoms with van der Waals surface area (Å²) in [5, 5.41) is 10.7. The lowest BCUT2D eigenvalue weighted by Gasteiger charge is -2.00. The minimum atomic E-state index is -0.518. The fourth-order valence-electron chi connectivity index (χ4n) is 0.954. The van der Waals surface area contributed by atoms with Gasteiger partial charge in [0.15, 0.2) is 5.96 Å². The summed E-state index contributed by atoms with van der Waals surface area (Å²) in [6, 6.07) is 4.13. The first-order chi connectivity index (χ1) is 7.00. The van der Waals surface area contributed by atoms with Crippen LogP contribution in [0.5, 0.6) is 0 Å². The van der Waals surface area contributed by atoms with E-state index in [1.54, 1.807) is 0 Å². The smallest absolute Gasteiger partial charge is 0.270 e.